The number of rotatable bonds is 4. The second kappa shape index (κ2) is 5.50. The zero-order valence-corrected chi connectivity index (χ0v) is 6.87. The number of amides is 3. The average Bonchev–Trinajstić information content (AvgIpc) is 1.98. The Balaban J connectivity index is 3.69. The van der Waals surface area contributed by atoms with Crippen molar-refractivity contribution in [3.8, 4) is 0 Å². The van der Waals surface area contributed by atoms with E-state index < -0.39 is 18.0 Å². The maximum atomic E-state index is 10.9. The maximum absolute atomic E-state index is 10.9. The van der Waals surface area contributed by atoms with Gasteiger partial charge in [0.2, 0.25) is 5.91 Å². The molecule has 0 aromatic carbocycles. The molecule has 0 heterocycles. The third kappa shape index (κ3) is 4.64. The summed E-state index contributed by atoms with van der Waals surface area (Å²) < 4.78 is 4.69. The molecule has 5 N–H and O–H groups in total. The van der Waals surface area contributed by atoms with Crippen LogP contribution in [0.2, 0.25) is 0 Å². The molecule has 0 spiro atoms. The van der Waals surface area contributed by atoms with E-state index >= 15 is 0 Å². The van der Waals surface area contributed by atoms with Gasteiger partial charge in [0.15, 0.2) is 0 Å². The van der Waals surface area contributed by atoms with Crippen molar-refractivity contribution in [2.24, 2.45) is 11.5 Å². The Hall–Kier alpha value is -1.14. The predicted molar refractivity (Wildman–Crippen MR) is 42.2 cm³/mol. The normalized spacial score (nSPS) is 12.2. The molecule has 12 heavy (non-hydrogen) atoms. The molecular weight excluding hydrogens is 162 g/mol. The van der Waals surface area contributed by atoms with E-state index in [4.69, 9.17) is 16.2 Å². The molecule has 0 fully saturated rings. The van der Waals surface area contributed by atoms with Gasteiger partial charge in [-0.1, -0.05) is 0 Å². The summed E-state index contributed by atoms with van der Waals surface area (Å²) in [4.78, 5) is 21.1. The molecule has 3 amide bonds. The van der Waals surface area contributed by atoms with Crippen LogP contribution in [-0.4, -0.2) is 31.7 Å². The molecular formula is C6H13N3O3. The highest BCUT2D eigenvalue weighted by Crippen LogP contribution is 1.87. The molecule has 0 aliphatic rings. The molecule has 0 bridgehead atoms. The first-order valence-corrected chi connectivity index (χ1v) is 3.42. The van der Waals surface area contributed by atoms with E-state index in [1.165, 1.54) is 7.11 Å². The topological polar surface area (TPSA) is 107 Å². The molecule has 0 aromatic rings. The highest BCUT2D eigenvalue weighted by molar-refractivity contribution is 5.96. The van der Waals surface area contributed by atoms with Crippen LogP contribution in [-0.2, 0) is 9.53 Å². The number of imide groups is 1. The number of nitrogens with two attached hydrogens (primary N) is 2. The Morgan fingerprint density at radius 2 is 2.17 bits per heavy atom. The number of hydrogen-bond acceptors (Lipinski definition) is 4. The molecule has 0 saturated carbocycles. The Labute approximate surface area is 70.2 Å². The van der Waals surface area contributed by atoms with E-state index in [-0.39, 0.29) is 0 Å². The molecule has 1 atom stereocenters. The minimum atomic E-state index is -0.895. The lowest BCUT2D eigenvalue weighted by atomic mass is 10.2. The number of carbonyl (C=O) groups excluding carboxylic acids is 2. The van der Waals surface area contributed by atoms with Crippen LogP contribution in [0.1, 0.15) is 6.42 Å². The predicted octanol–water partition coefficient (Wildman–Crippen LogP) is -1.45. The van der Waals surface area contributed by atoms with Gasteiger partial charge >= 0.3 is 6.03 Å². The maximum Gasteiger partial charge on any atom is 0.318 e. The van der Waals surface area contributed by atoms with Crippen LogP contribution >= 0.6 is 0 Å². The largest absolute Gasteiger partial charge is 0.385 e. The van der Waals surface area contributed by atoms with Gasteiger partial charge in [-0.2, -0.15) is 0 Å². The lowest BCUT2D eigenvalue weighted by Gasteiger charge is -2.08. The first-order valence-electron chi connectivity index (χ1n) is 3.42. The molecule has 70 valence electrons. The van der Waals surface area contributed by atoms with Crippen molar-refractivity contribution >= 4 is 11.9 Å². The fourth-order valence-electron chi connectivity index (χ4n) is 0.590. The fourth-order valence-corrected chi connectivity index (χ4v) is 0.590. The van der Waals surface area contributed by atoms with Gasteiger partial charge in [0.1, 0.15) is 0 Å². The molecule has 0 saturated heterocycles. The molecule has 0 aliphatic heterocycles. The quantitative estimate of drug-likeness (QED) is 0.485. The van der Waals surface area contributed by atoms with E-state index in [0.717, 1.165) is 0 Å². The molecule has 6 nitrogen and oxygen atoms in total. The monoisotopic (exact) mass is 175 g/mol. The van der Waals surface area contributed by atoms with E-state index in [0.29, 0.717) is 13.0 Å². The van der Waals surface area contributed by atoms with Crippen LogP contribution in [0, 0.1) is 0 Å². The number of hydrogen-bond donors (Lipinski definition) is 3. The zero-order chi connectivity index (χ0) is 9.56. The SMILES string of the molecule is COCCC(N)C(=O)NC(N)=O. The van der Waals surface area contributed by atoms with Gasteiger partial charge in [-0.15, -0.1) is 0 Å². The highest BCUT2D eigenvalue weighted by atomic mass is 16.5. The summed E-state index contributed by atoms with van der Waals surface area (Å²) >= 11 is 0. The smallest absolute Gasteiger partial charge is 0.318 e. The summed E-state index contributed by atoms with van der Waals surface area (Å²) in [7, 11) is 1.50. The van der Waals surface area contributed by atoms with Crippen molar-refractivity contribution in [3.05, 3.63) is 0 Å². The van der Waals surface area contributed by atoms with Crippen LogP contribution in [0.5, 0.6) is 0 Å². The second-order valence-electron chi connectivity index (χ2n) is 2.24. The molecule has 1 unspecified atom stereocenters. The van der Waals surface area contributed by atoms with Crippen LogP contribution in [0.3, 0.4) is 0 Å². The summed E-state index contributed by atoms with van der Waals surface area (Å²) in [6, 6.07) is -1.65. The first-order chi connectivity index (χ1) is 5.57. The summed E-state index contributed by atoms with van der Waals surface area (Å²) in [5.41, 5.74) is 10.1. The minimum Gasteiger partial charge on any atom is -0.385 e. The molecule has 0 radical (unpaired) electrons. The lowest BCUT2D eigenvalue weighted by molar-refractivity contribution is -0.121. The molecule has 6 heteroatoms. The van der Waals surface area contributed by atoms with Gasteiger partial charge in [0, 0.05) is 13.7 Å². The van der Waals surface area contributed by atoms with Gasteiger partial charge in [-0.25, -0.2) is 4.79 Å². The average molecular weight is 175 g/mol. The fraction of sp³-hybridized carbons (Fsp3) is 0.667. The van der Waals surface area contributed by atoms with Crippen molar-refractivity contribution in [2.75, 3.05) is 13.7 Å². The summed E-state index contributed by atoms with van der Waals surface area (Å²) in [5, 5.41) is 1.87. The van der Waals surface area contributed by atoms with E-state index in [2.05, 4.69) is 0 Å². The van der Waals surface area contributed by atoms with Crippen LogP contribution in [0.25, 0.3) is 0 Å². The Morgan fingerprint density at radius 3 is 2.58 bits per heavy atom. The first kappa shape index (κ1) is 10.9. The summed E-state index contributed by atoms with van der Waals surface area (Å²) in [6.07, 6.45) is 0.357. The van der Waals surface area contributed by atoms with Crippen LogP contribution in [0.15, 0.2) is 0 Å². The van der Waals surface area contributed by atoms with E-state index in [1.54, 1.807) is 0 Å². The van der Waals surface area contributed by atoms with Crippen LogP contribution < -0.4 is 16.8 Å². The number of primary amides is 1. The lowest BCUT2D eigenvalue weighted by Crippen LogP contribution is -2.45. The standard InChI is InChI=1S/C6H13N3O3/c1-12-3-2-4(7)5(10)9-6(8)11/h4H,2-3,7H2,1H3,(H3,8,9,10,11). The van der Waals surface area contributed by atoms with E-state index in [9.17, 15) is 9.59 Å². The van der Waals surface area contributed by atoms with Crippen molar-refractivity contribution in [3.63, 3.8) is 0 Å². The van der Waals surface area contributed by atoms with Crippen molar-refractivity contribution < 1.29 is 14.3 Å². The van der Waals surface area contributed by atoms with Crippen LogP contribution in [0.4, 0.5) is 4.79 Å². The van der Waals surface area contributed by atoms with Gasteiger partial charge < -0.3 is 16.2 Å². The highest BCUT2D eigenvalue weighted by Gasteiger charge is 2.13. The number of urea groups is 1. The molecule has 0 rings (SSSR count). The Morgan fingerprint density at radius 1 is 1.58 bits per heavy atom. The van der Waals surface area contributed by atoms with Crippen molar-refractivity contribution in [1.82, 2.24) is 5.32 Å². The number of ether oxygens (including phenoxy) is 1. The third-order valence-corrected chi connectivity index (χ3v) is 1.22. The zero-order valence-electron chi connectivity index (χ0n) is 6.87. The summed E-state index contributed by atoms with van der Waals surface area (Å²) in [5.74, 6) is -0.584. The Kier molecular flexibility index (Phi) is 4.98. The van der Waals surface area contributed by atoms with Gasteiger partial charge in [0.05, 0.1) is 6.04 Å². The summed E-state index contributed by atoms with van der Waals surface area (Å²) in [6.45, 7) is 0.368. The van der Waals surface area contributed by atoms with Crippen molar-refractivity contribution in [1.29, 1.82) is 0 Å². The third-order valence-electron chi connectivity index (χ3n) is 1.22. The number of methoxy groups -OCH3 is 1. The number of carbonyl (C=O) groups is 2. The second-order valence-corrected chi connectivity index (χ2v) is 2.24. The van der Waals surface area contributed by atoms with Gasteiger partial charge in [-0.3, -0.25) is 10.1 Å². The molecule has 0 aliphatic carbocycles. The van der Waals surface area contributed by atoms with Gasteiger partial charge in [0.25, 0.3) is 0 Å². The van der Waals surface area contributed by atoms with Crippen molar-refractivity contribution in [2.45, 2.75) is 12.5 Å². The number of nitrogens with one attached hydrogen (secondary N) is 1. The Bertz CT molecular complexity index is 171. The van der Waals surface area contributed by atoms with Gasteiger partial charge in [-0.05, 0) is 6.42 Å². The molecule has 0 aromatic heterocycles. The minimum absolute atomic E-state index is 0.357. The van der Waals surface area contributed by atoms with E-state index in [1.807, 2.05) is 5.32 Å².